The first-order valence-electron chi connectivity index (χ1n) is 9.65. The van der Waals surface area contributed by atoms with E-state index in [9.17, 15) is 48.0 Å². The zero-order chi connectivity index (χ0) is 27.5. The lowest BCUT2D eigenvalue weighted by atomic mass is 10.1. The number of anilines is 2. The Hall–Kier alpha value is -3.27. The fraction of sp³-hybridized carbons (Fsp3) is 0.250. The molecule has 0 heterocycles. The van der Waals surface area contributed by atoms with Gasteiger partial charge in [0.25, 0.3) is 15.9 Å². The van der Waals surface area contributed by atoms with Gasteiger partial charge in [-0.1, -0.05) is 6.58 Å². The maximum Gasteiger partial charge on any atom is 0.416 e. The van der Waals surface area contributed by atoms with Crippen molar-refractivity contribution in [1.82, 2.24) is 5.32 Å². The molecule has 8 nitrogen and oxygen atoms in total. The average molecular weight is 560 g/mol. The van der Waals surface area contributed by atoms with Crippen molar-refractivity contribution in [1.29, 1.82) is 0 Å². The Morgan fingerprint density at radius 3 is 2.00 bits per heavy atom. The molecule has 0 aliphatic carbocycles. The Kier molecular flexibility index (Phi) is 8.35. The maximum absolute atomic E-state index is 13.2. The van der Waals surface area contributed by atoms with Gasteiger partial charge in [-0.25, -0.2) is 16.8 Å². The Morgan fingerprint density at radius 1 is 0.917 bits per heavy atom. The lowest BCUT2D eigenvalue weighted by molar-refractivity contribution is -0.137. The second-order valence-corrected chi connectivity index (χ2v) is 10.8. The predicted octanol–water partition coefficient (Wildman–Crippen LogP) is 4.12. The van der Waals surface area contributed by atoms with E-state index < -0.39 is 78.6 Å². The summed E-state index contributed by atoms with van der Waals surface area (Å²) in [7, 11) is -8.25. The van der Waals surface area contributed by atoms with Gasteiger partial charge < -0.3 is 5.32 Å². The summed E-state index contributed by atoms with van der Waals surface area (Å²) in [5.41, 5.74) is -3.80. The molecule has 0 aliphatic rings. The van der Waals surface area contributed by atoms with Crippen LogP contribution in [0.25, 0.3) is 0 Å². The van der Waals surface area contributed by atoms with Crippen molar-refractivity contribution >= 4 is 37.3 Å². The van der Waals surface area contributed by atoms with Gasteiger partial charge >= 0.3 is 12.4 Å². The lowest BCUT2D eigenvalue weighted by Gasteiger charge is -2.16. The molecule has 0 fully saturated rings. The van der Waals surface area contributed by atoms with Crippen molar-refractivity contribution in [2.75, 3.05) is 22.2 Å². The van der Waals surface area contributed by atoms with E-state index in [0.717, 1.165) is 30.5 Å². The summed E-state index contributed by atoms with van der Waals surface area (Å²) in [5, 5.41) is 2.07. The predicted molar refractivity (Wildman–Crippen MR) is 119 cm³/mol. The molecular weight excluding hydrogens is 540 g/mol. The monoisotopic (exact) mass is 559 g/mol. The van der Waals surface area contributed by atoms with Crippen LogP contribution >= 0.6 is 0 Å². The summed E-state index contributed by atoms with van der Waals surface area (Å²) in [4.78, 5) is 12.0. The number of alkyl halides is 6. The Bertz CT molecular complexity index is 1350. The summed E-state index contributed by atoms with van der Waals surface area (Å²) < 4.78 is 129. The van der Waals surface area contributed by atoms with Crippen LogP contribution in [0.3, 0.4) is 0 Å². The van der Waals surface area contributed by atoms with Crippen LogP contribution in [0.2, 0.25) is 0 Å². The van der Waals surface area contributed by atoms with Crippen LogP contribution < -0.4 is 14.8 Å². The minimum absolute atomic E-state index is 0.0102. The van der Waals surface area contributed by atoms with Crippen LogP contribution in [0.1, 0.15) is 22.3 Å². The first-order chi connectivity index (χ1) is 16.3. The third-order valence-corrected chi connectivity index (χ3v) is 6.40. The molecule has 0 saturated heterocycles. The molecule has 16 heteroatoms. The quantitative estimate of drug-likeness (QED) is 0.315. The van der Waals surface area contributed by atoms with E-state index >= 15 is 0 Å². The first-order valence-corrected chi connectivity index (χ1v) is 13.0. The normalized spacial score (nSPS) is 12.6. The van der Waals surface area contributed by atoms with Crippen molar-refractivity contribution in [2.45, 2.75) is 23.7 Å². The zero-order valence-corrected chi connectivity index (χ0v) is 19.9. The standard InChI is InChI=1S/C20H19F6N3O5S2/c1-12(19(21,22)23)9-10-27-18(30)16-8-3-13(20(24,25)26)11-17(16)29-36(33,34)15-6-4-14(5-7-15)28-35(2,31)32/h3-8,11,28-29H,1,9-10H2,2H3,(H,27,30). The van der Waals surface area contributed by atoms with Gasteiger partial charge in [0.15, 0.2) is 0 Å². The summed E-state index contributed by atoms with van der Waals surface area (Å²) in [6.45, 7) is 2.26. The van der Waals surface area contributed by atoms with Gasteiger partial charge in [-0.15, -0.1) is 0 Å². The van der Waals surface area contributed by atoms with E-state index in [0.29, 0.717) is 18.2 Å². The summed E-state index contributed by atoms with van der Waals surface area (Å²) >= 11 is 0. The summed E-state index contributed by atoms with van der Waals surface area (Å²) in [5.74, 6) is -1.14. The largest absolute Gasteiger partial charge is 0.416 e. The zero-order valence-electron chi connectivity index (χ0n) is 18.3. The number of nitrogens with one attached hydrogen (secondary N) is 3. The number of rotatable bonds is 9. The molecule has 198 valence electrons. The van der Waals surface area contributed by atoms with Crippen LogP contribution in [-0.2, 0) is 26.2 Å². The van der Waals surface area contributed by atoms with Crippen LogP contribution in [-0.4, -0.2) is 41.7 Å². The van der Waals surface area contributed by atoms with E-state index in [1.165, 1.54) is 0 Å². The van der Waals surface area contributed by atoms with Crippen LogP contribution in [0.5, 0.6) is 0 Å². The second kappa shape index (κ2) is 10.4. The maximum atomic E-state index is 13.2. The van der Waals surface area contributed by atoms with Gasteiger partial charge in [0.2, 0.25) is 10.0 Å². The molecule has 0 saturated carbocycles. The van der Waals surface area contributed by atoms with Crippen LogP contribution in [0.4, 0.5) is 37.7 Å². The van der Waals surface area contributed by atoms with Crippen molar-refractivity contribution < 1.29 is 48.0 Å². The molecule has 0 atom stereocenters. The van der Waals surface area contributed by atoms with Gasteiger partial charge in [-0.3, -0.25) is 14.2 Å². The molecule has 2 rings (SSSR count). The molecule has 0 aliphatic heterocycles. The van der Waals surface area contributed by atoms with Crippen LogP contribution in [0.15, 0.2) is 59.5 Å². The van der Waals surface area contributed by atoms with Crippen molar-refractivity contribution in [3.63, 3.8) is 0 Å². The SMILES string of the molecule is C=C(CCNC(=O)c1ccc(C(F)(F)F)cc1NS(=O)(=O)c1ccc(NS(C)(=O)=O)cc1)C(F)(F)F. The van der Waals surface area contributed by atoms with Crippen LogP contribution in [0, 0.1) is 0 Å². The third kappa shape index (κ3) is 8.15. The highest BCUT2D eigenvalue weighted by Crippen LogP contribution is 2.33. The summed E-state index contributed by atoms with van der Waals surface area (Å²) in [6, 6.07) is 5.64. The highest BCUT2D eigenvalue weighted by atomic mass is 32.2. The van der Waals surface area contributed by atoms with Crippen molar-refractivity contribution in [3.8, 4) is 0 Å². The molecule has 36 heavy (non-hydrogen) atoms. The molecule has 2 aromatic carbocycles. The first kappa shape index (κ1) is 29.0. The van der Waals surface area contributed by atoms with E-state index in [2.05, 4.69) is 16.6 Å². The van der Waals surface area contributed by atoms with Gasteiger partial charge in [-0.2, -0.15) is 26.3 Å². The topological polar surface area (TPSA) is 121 Å². The van der Waals surface area contributed by atoms with E-state index in [1.54, 1.807) is 0 Å². The van der Waals surface area contributed by atoms with E-state index in [-0.39, 0.29) is 5.69 Å². The highest BCUT2D eigenvalue weighted by molar-refractivity contribution is 7.92. The number of halogens is 6. The number of benzene rings is 2. The minimum Gasteiger partial charge on any atom is -0.352 e. The number of carbonyl (C=O) groups is 1. The highest BCUT2D eigenvalue weighted by Gasteiger charge is 2.33. The molecular formula is C20H19F6N3O5S2. The molecule has 0 radical (unpaired) electrons. The van der Waals surface area contributed by atoms with Gasteiger partial charge in [0.1, 0.15) is 0 Å². The molecule has 1 amide bonds. The van der Waals surface area contributed by atoms with Gasteiger partial charge in [-0.05, 0) is 48.9 Å². The smallest absolute Gasteiger partial charge is 0.352 e. The number of hydrogen-bond donors (Lipinski definition) is 3. The molecule has 0 bridgehead atoms. The summed E-state index contributed by atoms with van der Waals surface area (Å²) in [6.07, 6.45) is -9.45. The second-order valence-electron chi connectivity index (χ2n) is 7.37. The molecule has 2 aromatic rings. The number of hydrogen-bond acceptors (Lipinski definition) is 5. The third-order valence-electron chi connectivity index (χ3n) is 4.42. The van der Waals surface area contributed by atoms with Crippen molar-refractivity contribution in [2.24, 2.45) is 0 Å². The molecule has 0 unspecified atom stereocenters. The molecule has 0 aromatic heterocycles. The molecule has 0 spiro atoms. The lowest BCUT2D eigenvalue weighted by Crippen LogP contribution is -2.28. The fourth-order valence-corrected chi connectivity index (χ4v) is 4.32. The van der Waals surface area contributed by atoms with Gasteiger partial charge in [0, 0.05) is 17.8 Å². The van der Waals surface area contributed by atoms with Gasteiger partial charge in [0.05, 0.1) is 28.0 Å². The van der Waals surface area contributed by atoms with E-state index in [1.807, 2.05) is 4.72 Å². The minimum atomic E-state index is -4.90. The Morgan fingerprint density at radius 2 is 1.50 bits per heavy atom. The fourth-order valence-electron chi connectivity index (χ4n) is 2.69. The number of carbonyl (C=O) groups excluding carboxylic acids is 1. The average Bonchev–Trinajstić information content (AvgIpc) is 2.71. The Labute approximate surface area is 202 Å². The number of amides is 1. The number of sulfonamides is 2. The van der Waals surface area contributed by atoms with E-state index in [4.69, 9.17) is 0 Å². The molecule has 3 N–H and O–H groups in total. The Balaban J connectivity index is 2.35. The van der Waals surface area contributed by atoms with Crippen molar-refractivity contribution in [3.05, 3.63) is 65.7 Å².